The van der Waals surface area contributed by atoms with Gasteiger partial charge in [-0.25, -0.2) is 4.98 Å². The van der Waals surface area contributed by atoms with E-state index >= 15 is 0 Å². The smallest absolute Gasteiger partial charge is 0.117 e. The average molecular weight is 281 g/mol. The molecule has 2 aromatic carbocycles. The predicted molar refractivity (Wildman–Crippen MR) is 84.5 cm³/mol. The zero-order chi connectivity index (χ0) is 14.9. The van der Waals surface area contributed by atoms with Gasteiger partial charge in [0.05, 0.1) is 16.6 Å². The molecular formula is C17H19N3O. The Morgan fingerprint density at radius 2 is 1.76 bits per heavy atom. The monoisotopic (exact) mass is 281 g/mol. The van der Waals surface area contributed by atoms with E-state index < -0.39 is 5.60 Å². The van der Waals surface area contributed by atoms with Crippen LogP contribution < -0.4 is 5.73 Å². The van der Waals surface area contributed by atoms with Gasteiger partial charge in [0.15, 0.2) is 0 Å². The van der Waals surface area contributed by atoms with Crippen LogP contribution in [0.2, 0.25) is 0 Å². The number of para-hydroxylation sites is 3. The molecule has 1 unspecified atom stereocenters. The van der Waals surface area contributed by atoms with Crippen molar-refractivity contribution in [2.45, 2.75) is 18.9 Å². The van der Waals surface area contributed by atoms with Crippen molar-refractivity contribution in [3.05, 3.63) is 60.4 Å². The SMILES string of the molecule is CC(O)(CN)Cc1nc2ccccc2n1-c1ccccc1. The molecule has 0 amide bonds. The normalized spacial score (nSPS) is 14.2. The summed E-state index contributed by atoms with van der Waals surface area (Å²) in [6, 6.07) is 18.0. The average Bonchev–Trinajstić information content (AvgIpc) is 2.85. The minimum Gasteiger partial charge on any atom is -0.388 e. The van der Waals surface area contributed by atoms with Crippen molar-refractivity contribution in [3.8, 4) is 5.69 Å². The lowest BCUT2D eigenvalue weighted by molar-refractivity contribution is 0.0673. The third-order valence-electron chi connectivity index (χ3n) is 3.62. The van der Waals surface area contributed by atoms with E-state index in [4.69, 9.17) is 5.73 Å². The molecule has 1 aromatic heterocycles. The number of aliphatic hydroxyl groups is 1. The van der Waals surface area contributed by atoms with Gasteiger partial charge in [-0.3, -0.25) is 4.57 Å². The first kappa shape index (κ1) is 13.8. The largest absolute Gasteiger partial charge is 0.388 e. The Morgan fingerprint density at radius 1 is 1.10 bits per heavy atom. The van der Waals surface area contributed by atoms with Crippen LogP contribution in [0.3, 0.4) is 0 Å². The molecule has 0 bridgehead atoms. The van der Waals surface area contributed by atoms with Gasteiger partial charge in [-0.1, -0.05) is 30.3 Å². The second-order valence-electron chi connectivity index (χ2n) is 5.57. The van der Waals surface area contributed by atoms with E-state index in [1.165, 1.54) is 0 Å². The predicted octanol–water partition coefficient (Wildman–Crippen LogP) is 2.28. The van der Waals surface area contributed by atoms with E-state index in [-0.39, 0.29) is 6.54 Å². The lowest BCUT2D eigenvalue weighted by Gasteiger charge is -2.21. The van der Waals surface area contributed by atoms with Crippen molar-refractivity contribution >= 4 is 11.0 Å². The minimum atomic E-state index is -0.964. The molecule has 4 heteroatoms. The van der Waals surface area contributed by atoms with Gasteiger partial charge in [0.1, 0.15) is 5.82 Å². The lowest BCUT2D eigenvalue weighted by Crippen LogP contribution is -2.37. The van der Waals surface area contributed by atoms with Crippen molar-refractivity contribution in [2.75, 3.05) is 6.54 Å². The number of aromatic nitrogens is 2. The molecule has 0 radical (unpaired) electrons. The molecule has 0 aliphatic carbocycles. The Balaban J connectivity index is 2.20. The number of nitrogens with two attached hydrogens (primary N) is 1. The molecule has 1 heterocycles. The zero-order valence-electron chi connectivity index (χ0n) is 12.0. The summed E-state index contributed by atoms with van der Waals surface area (Å²) in [5.41, 5.74) is 7.68. The van der Waals surface area contributed by atoms with Gasteiger partial charge >= 0.3 is 0 Å². The van der Waals surface area contributed by atoms with Crippen molar-refractivity contribution < 1.29 is 5.11 Å². The van der Waals surface area contributed by atoms with Gasteiger partial charge < -0.3 is 10.8 Å². The summed E-state index contributed by atoms with van der Waals surface area (Å²) in [4.78, 5) is 4.67. The molecule has 1 atom stereocenters. The Hall–Kier alpha value is -2.17. The molecule has 4 nitrogen and oxygen atoms in total. The first-order chi connectivity index (χ1) is 10.1. The molecule has 0 spiro atoms. The van der Waals surface area contributed by atoms with Crippen LogP contribution in [0.25, 0.3) is 16.7 Å². The summed E-state index contributed by atoms with van der Waals surface area (Å²) < 4.78 is 2.08. The van der Waals surface area contributed by atoms with E-state index in [0.717, 1.165) is 22.5 Å². The van der Waals surface area contributed by atoms with Gasteiger partial charge in [-0.15, -0.1) is 0 Å². The van der Waals surface area contributed by atoms with Crippen LogP contribution in [0.15, 0.2) is 54.6 Å². The van der Waals surface area contributed by atoms with E-state index in [0.29, 0.717) is 6.42 Å². The highest BCUT2D eigenvalue weighted by atomic mass is 16.3. The van der Waals surface area contributed by atoms with Crippen LogP contribution in [0.5, 0.6) is 0 Å². The number of hydrogen-bond acceptors (Lipinski definition) is 3. The highest BCUT2D eigenvalue weighted by molar-refractivity contribution is 5.78. The standard InChI is InChI=1S/C17H19N3O/c1-17(21,12-18)11-16-19-14-9-5-6-10-15(14)20(16)13-7-3-2-4-8-13/h2-10,21H,11-12,18H2,1H3. The molecule has 108 valence electrons. The second kappa shape index (κ2) is 5.31. The van der Waals surface area contributed by atoms with Crippen LogP contribution >= 0.6 is 0 Å². The highest BCUT2D eigenvalue weighted by Gasteiger charge is 2.23. The maximum Gasteiger partial charge on any atom is 0.117 e. The fourth-order valence-corrected chi connectivity index (χ4v) is 2.47. The number of nitrogens with zero attached hydrogens (tertiary/aromatic N) is 2. The Morgan fingerprint density at radius 3 is 2.48 bits per heavy atom. The molecular weight excluding hydrogens is 262 g/mol. The molecule has 3 N–H and O–H groups in total. The van der Waals surface area contributed by atoms with Gasteiger partial charge in [0.2, 0.25) is 0 Å². The van der Waals surface area contributed by atoms with Gasteiger partial charge in [-0.2, -0.15) is 0 Å². The van der Waals surface area contributed by atoms with Gasteiger partial charge in [0, 0.05) is 18.7 Å². The number of fused-ring (bicyclic) bond motifs is 1. The molecule has 0 saturated carbocycles. The summed E-state index contributed by atoms with van der Waals surface area (Å²) in [5.74, 6) is 0.817. The zero-order valence-corrected chi connectivity index (χ0v) is 12.0. The highest BCUT2D eigenvalue weighted by Crippen LogP contribution is 2.23. The van der Waals surface area contributed by atoms with Crippen LogP contribution in [0.1, 0.15) is 12.7 Å². The first-order valence-electron chi connectivity index (χ1n) is 7.05. The topological polar surface area (TPSA) is 64.1 Å². The molecule has 0 saturated heterocycles. The van der Waals surface area contributed by atoms with Crippen molar-refractivity contribution in [3.63, 3.8) is 0 Å². The fourth-order valence-electron chi connectivity index (χ4n) is 2.47. The third kappa shape index (κ3) is 2.68. The maximum atomic E-state index is 10.3. The van der Waals surface area contributed by atoms with Crippen LogP contribution in [0.4, 0.5) is 0 Å². The molecule has 3 rings (SSSR count). The number of hydrogen-bond donors (Lipinski definition) is 2. The Bertz CT molecular complexity index is 747. The van der Waals surface area contributed by atoms with E-state index in [2.05, 4.69) is 9.55 Å². The summed E-state index contributed by atoms with van der Waals surface area (Å²) in [5, 5.41) is 10.3. The van der Waals surface area contributed by atoms with Gasteiger partial charge in [-0.05, 0) is 31.2 Å². The number of benzene rings is 2. The summed E-state index contributed by atoms with van der Waals surface area (Å²) in [6.45, 7) is 1.94. The van der Waals surface area contributed by atoms with Gasteiger partial charge in [0.25, 0.3) is 0 Å². The molecule has 21 heavy (non-hydrogen) atoms. The van der Waals surface area contributed by atoms with Crippen molar-refractivity contribution in [1.82, 2.24) is 9.55 Å². The first-order valence-corrected chi connectivity index (χ1v) is 7.05. The van der Waals surface area contributed by atoms with E-state index in [1.807, 2.05) is 54.6 Å². The molecule has 0 fully saturated rings. The summed E-state index contributed by atoms with van der Waals surface area (Å²) >= 11 is 0. The number of rotatable bonds is 4. The van der Waals surface area contributed by atoms with Crippen molar-refractivity contribution in [1.29, 1.82) is 0 Å². The van der Waals surface area contributed by atoms with Crippen LogP contribution in [-0.4, -0.2) is 26.8 Å². The van der Waals surface area contributed by atoms with E-state index in [1.54, 1.807) is 6.92 Å². The quantitative estimate of drug-likeness (QED) is 0.771. The second-order valence-corrected chi connectivity index (χ2v) is 5.57. The minimum absolute atomic E-state index is 0.199. The fraction of sp³-hybridized carbons (Fsp3) is 0.235. The lowest BCUT2D eigenvalue weighted by atomic mass is 10.0. The molecule has 3 aromatic rings. The summed E-state index contributed by atoms with van der Waals surface area (Å²) in [6.07, 6.45) is 0.410. The summed E-state index contributed by atoms with van der Waals surface area (Å²) in [7, 11) is 0. The van der Waals surface area contributed by atoms with Crippen LogP contribution in [-0.2, 0) is 6.42 Å². The number of imidazole rings is 1. The van der Waals surface area contributed by atoms with Crippen molar-refractivity contribution in [2.24, 2.45) is 5.73 Å². The Kier molecular flexibility index (Phi) is 3.49. The molecule has 0 aliphatic heterocycles. The maximum absolute atomic E-state index is 10.3. The Labute approximate surface area is 123 Å². The van der Waals surface area contributed by atoms with E-state index in [9.17, 15) is 5.11 Å². The van der Waals surface area contributed by atoms with Crippen LogP contribution in [0, 0.1) is 0 Å². The molecule has 0 aliphatic rings. The third-order valence-corrected chi connectivity index (χ3v) is 3.62.